The summed E-state index contributed by atoms with van der Waals surface area (Å²) in [6.45, 7) is 8.70. The molecule has 2 N–H and O–H groups in total. The van der Waals surface area contributed by atoms with E-state index in [1.807, 2.05) is 11.3 Å². The van der Waals surface area contributed by atoms with Gasteiger partial charge in [-0.15, -0.1) is 11.3 Å². The second-order valence-electron chi connectivity index (χ2n) is 6.94. The summed E-state index contributed by atoms with van der Waals surface area (Å²) < 4.78 is 2.79. The maximum Gasteiger partial charge on any atom is 0.0374 e. The molecule has 2 saturated heterocycles. The van der Waals surface area contributed by atoms with E-state index in [-0.39, 0.29) is 0 Å². The number of anilines is 2. The fourth-order valence-corrected chi connectivity index (χ4v) is 5.06. The summed E-state index contributed by atoms with van der Waals surface area (Å²) in [5.74, 6) is 0. The molecule has 0 bridgehead atoms. The van der Waals surface area contributed by atoms with Crippen molar-refractivity contribution in [3.8, 4) is 0 Å². The van der Waals surface area contributed by atoms with Gasteiger partial charge in [0.2, 0.25) is 0 Å². The molecule has 0 radical (unpaired) electrons. The molecule has 0 unspecified atom stereocenters. The van der Waals surface area contributed by atoms with Gasteiger partial charge in [0.05, 0.1) is 0 Å². The van der Waals surface area contributed by atoms with Gasteiger partial charge in [0, 0.05) is 83.9 Å². The highest BCUT2D eigenvalue weighted by atomic mass is 32.1. The molecular formula is C20H24N4S. The van der Waals surface area contributed by atoms with E-state index in [1.165, 1.54) is 31.5 Å². The zero-order valence-electron chi connectivity index (χ0n) is 14.4. The van der Waals surface area contributed by atoms with Crippen LogP contribution in [0, 0.1) is 0 Å². The van der Waals surface area contributed by atoms with Crippen molar-refractivity contribution in [2.45, 2.75) is 0 Å². The van der Waals surface area contributed by atoms with E-state index in [0.717, 1.165) is 52.4 Å². The number of nitrogens with one attached hydrogen (secondary N) is 2. The van der Waals surface area contributed by atoms with Crippen molar-refractivity contribution in [2.75, 3.05) is 62.2 Å². The molecule has 0 atom stereocenters. The Hall–Kier alpha value is -1.82. The number of fused-ring (bicyclic) bond motifs is 3. The van der Waals surface area contributed by atoms with Crippen LogP contribution in [0.5, 0.6) is 0 Å². The van der Waals surface area contributed by atoms with Crippen molar-refractivity contribution in [1.82, 2.24) is 10.6 Å². The first-order chi connectivity index (χ1) is 12.4. The first-order valence-corrected chi connectivity index (χ1v) is 10.1. The van der Waals surface area contributed by atoms with Gasteiger partial charge in [-0.05, 0) is 36.4 Å². The van der Waals surface area contributed by atoms with Crippen molar-refractivity contribution in [1.29, 1.82) is 0 Å². The van der Waals surface area contributed by atoms with Gasteiger partial charge in [-0.2, -0.15) is 0 Å². The lowest BCUT2D eigenvalue weighted by atomic mass is 10.1. The van der Waals surface area contributed by atoms with Crippen LogP contribution in [0.15, 0.2) is 36.4 Å². The van der Waals surface area contributed by atoms with Gasteiger partial charge in [-0.25, -0.2) is 0 Å². The fourth-order valence-electron chi connectivity index (χ4n) is 3.99. The number of hydrogen-bond donors (Lipinski definition) is 2. The van der Waals surface area contributed by atoms with Crippen molar-refractivity contribution >= 4 is 42.9 Å². The van der Waals surface area contributed by atoms with Crippen LogP contribution in [-0.4, -0.2) is 52.4 Å². The summed E-state index contributed by atoms with van der Waals surface area (Å²) in [5, 5.41) is 9.70. The number of thiophene rings is 1. The largest absolute Gasteiger partial charge is 0.369 e. The third-order valence-corrected chi connectivity index (χ3v) is 6.55. The summed E-state index contributed by atoms with van der Waals surface area (Å²) in [6, 6.07) is 14.0. The third kappa shape index (κ3) is 2.86. The molecule has 130 valence electrons. The van der Waals surface area contributed by atoms with Crippen LogP contribution in [0.4, 0.5) is 11.4 Å². The first-order valence-electron chi connectivity index (χ1n) is 9.26. The molecule has 3 heterocycles. The summed E-state index contributed by atoms with van der Waals surface area (Å²) in [6.07, 6.45) is 0. The SMILES string of the molecule is c1cc2sc3ccc(N4CCNCC4)cc3c2cc1N1CCNCC1. The zero-order valence-corrected chi connectivity index (χ0v) is 15.2. The van der Waals surface area contributed by atoms with E-state index in [1.54, 1.807) is 0 Å². The Labute approximate surface area is 152 Å². The minimum absolute atomic E-state index is 1.08. The van der Waals surface area contributed by atoms with Gasteiger partial charge in [0.15, 0.2) is 0 Å². The van der Waals surface area contributed by atoms with Crippen LogP contribution in [0.2, 0.25) is 0 Å². The minimum atomic E-state index is 1.08. The van der Waals surface area contributed by atoms with Crippen molar-refractivity contribution in [2.24, 2.45) is 0 Å². The average molecular weight is 353 g/mol. The predicted molar refractivity (Wildman–Crippen MR) is 109 cm³/mol. The number of rotatable bonds is 2. The first kappa shape index (κ1) is 15.4. The van der Waals surface area contributed by atoms with E-state index < -0.39 is 0 Å². The highest BCUT2D eigenvalue weighted by Gasteiger charge is 2.15. The maximum atomic E-state index is 3.44. The van der Waals surface area contributed by atoms with Crippen molar-refractivity contribution in [3.63, 3.8) is 0 Å². The maximum absolute atomic E-state index is 3.44. The molecule has 5 heteroatoms. The second kappa shape index (κ2) is 6.48. The summed E-state index contributed by atoms with van der Waals surface area (Å²) in [7, 11) is 0. The average Bonchev–Trinajstić information content (AvgIpc) is 3.06. The third-order valence-electron chi connectivity index (χ3n) is 5.40. The second-order valence-corrected chi connectivity index (χ2v) is 8.02. The van der Waals surface area contributed by atoms with Gasteiger partial charge >= 0.3 is 0 Å². The van der Waals surface area contributed by atoms with E-state index in [9.17, 15) is 0 Å². The lowest BCUT2D eigenvalue weighted by molar-refractivity contribution is 0.589. The quantitative estimate of drug-likeness (QED) is 0.742. The van der Waals surface area contributed by atoms with Gasteiger partial charge < -0.3 is 20.4 Å². The molecule has 25 heavy (non-hydrogen) atoms. The van der Waals surface area contributed by atoms with Crippen LogP contribution in [0.1, 0.15) is 0 Å². The standard InChI is InChI=1S/C20H24N4S/c1-3-19-17(13-15(1)23-9-5-21-6-10-23)18-14-16(2-4-20(18)25-19)24-11-7-22-8-12-24/h1-4,13-14,21-22H,5-12H2. The van der Waals surface area contributed by atoms with E-state index >= 15 is 0 Å². The topological polar surface area (TPSA) is 30.5 Å². The number of hydrogen-bond acceptors (Lipinski definition) is 5. The van der Waals surface area contributed by atoms with E-state index in [0.29, 0.717) is 0 Å². The highest BCUT2D eigenvalue weighted by molar-refractivity contribution is 7.25. The molecule has 4 nitrogen and oxygen atoms in total. The van der Waals surface area contributed by atoms with Gasteiger partial charge in [-0.1, -0.05) is 0 Å². The Morgan fingerprint density at radius 2 is 1.08 bits per heavy atom. The van der Waals surface area contributed by atoms with E-state index in [2.05, 4.69) is 56.8 Å². The lowest BCUT2D eigenvalue weighted by Crippen LogP contribution is -2.43. The van der Waals surface area contributed by atoms with Crippen LogP contribution in [0.25, 0.3) is 20.2 Å². The Balaban J connectivity index is 1.57. The molecule has 2 aliphatic rings. The summed E-state index contributed by atoms with van der Waals surface area (Å²) in [4.78, 5) is 5.00. The smallest absolute Gasteiger partial charge is 0.0374 e. The molecule has 0 spiro atoms. The van der Waals surface area contributed by atoms with Crippen molar-refractivity contribution in [3.05, 3.63) is 36.4 Å². The molecule has 0 amide bonds. The van der Waals surface area contributed by atoms with Crippen LogP contribution >= 0.6 is 11.3 Å². The Kier molecular flexibility index (Phi) is 4.00. The predicted octanol–water partition coefficient (Wildman–Crippen LogP) is 2.87. The van der Waals surface area contributed by atoms with Gasteiger partial charge in [-0.3, -0.25) is 0 Å². The molecule has 3 aromatic rings. The van der Waals surface area contributed by atoms with Crippen LogP contribution < -0.4 is 20.4 Å². The monoisotopic (exact) mass is 352 g/mol. The molecule has 0 saturated carbocycles. The number of benzene rings is 2. The van der Waals surface area contributed by atoms with Crippen LogP contribution in [-0.2, 0) is 0 Å². The number of nitrogens with zero attached hydrogens (tertiary/aromatic N) is 2. The molecule has 5 rings (SSSR count). The normalized spacial score (nSPS) is 19.0. The molecular weight excluding hydrogens is 328 g/mol. The summed E-state index contributed by atoms with van der Waals surface area (Å²) >= 11 is 1.91. The van der Waals surface area contributed by atoms with Crippen molar-refractivity contribution < 1.29 is 0 Å². The fraction of sp³-hybridized carbons (Fsp3) is 0.400. The molecule has 1 aromatic heterocycles. The highest BCUT2D eigenvalue weighted by Crippen LogP contribution is 2.38. The minimum Gasteiger partial charge on any atom is -0.369 e. The van der Waals surface area contributed by atoms with Gasteiger partial charge in [0.1, 0.15) is 0 Å². The zero-order chi connectivity index (χ0) is 16.6. The molecule has 2 aromatic carbocycles. The van der Waals surface area contributed by atoms with Gasteiger partial charge in [0.25, 0.3) is 0 Å². The molecule has 2 fully saturated rings. The Bertz CT molecular complexity index is 819. The lowest BCUT2D eigenvalue weighted by Gasteiger charge is -2.30. The van der Waals surface area contributed by atoms with Crippen LogP contribution in [0.3, 0.4) is 0 Å². The Morgan fingerprint density at radius 1 is 0.640 bits per heavy atom. The summed E-state index contributed by atoms with van der Waals surface area (Å²) in [5.41, 5.74) is 2.72. The van der Waals surface area contributed by atoms with E-state index in [4.69, 9.17) is 0 Å². The molecule has 0 aliphatic carbocycles. The molecule has 2 aliphatic heterocycles. The number of piperazine rings is 2. The Morgan fingerprint density at radius 3 is 1.52 bits per heavy atom.